The number of aryl methyl sites for hydroxylation is 1. The van der Waals surface area contributed by atoms with E-state index in [9.17, 15) is 0 Å². The Morgan fingerprint density at radius 2 is 1.58 bits per heavy atom. The van der Waals surface area contributed by atoms with E-state index in [1.165, 1.54) is 16.7 Å². The molecule has 3 aromatic carbocycles. The number of hydrogen-bond donors (Lipinski definition) is 0. The molecule has 0 saturated heterocycles. The van der Waals surface area contributed by atoms with E-state index in [4.69, 9.17) is 5.26 Å². The Bertz CT molecular complexity index is 777. The molecule has 0 atom stereocenters. The molecular formula is C18H13N. The van der Waals surface area contributed by atoms with Gasteiger partial charge in [-0.3, -0.25) is 0 Å². The summed E-state index contributed by atoms with van der Waals surface area (Å²) in [5.41, 5.74) is 4.38. The first-order chi connectivity index (χ1) is 9.28. The van der Waals surface area contributed by atoms with E-state index in [1.807, 2.05) is 24.3 Å². The molecular weight excluding hydrogens is 230 g/mol. The van der Waals surface area contributed by atoms with Gasteiger partial charge in [0.2, 0.25) is 0 Å². The number of hydrogen-bond acceptors (Lipinski definition) is 1. The number of fused-ring (bicyclic) bond motifs is 1. The highest BCUT2D eigenvalue weighted by Gasteiger charge is 2.02. The molecule has 3 aromatic rings. The van der Waals surface area contributed by atoms with Crippen molar-refractivity contribution in [2.45, 2.75) is 6.92 Å². The van der Waals surface area contributed by atoms with Crippen LogP contribution in [0.15, 0.2) is 60.7 Å². The summed E-state index contributed by atoms with van der Waals surface area (Å²) >= 11 is 0. The van der Waals surface area contributed by atoms with E-state index < -0.39 is 0 Å². The number of rotatable bonds is 1. The lowest BCUT2D eigenvalue weighted by molar-refractivity contribution is 1.47. The van der Waals surface area contributed by atoms with Gasteiger partial charge in [-0.05, 0) is 41.0 Å². The maximum Gasteiger partial charge on any atom is 0.0998 e. The summed E-state index contributed by atoms with van der Waals surface area (Å²) in [5, 5.41) is 11.2. The molecule has 0 aliphatic rings. The largest absolute Gasteiger partial charge is 0.192 e. The van der Waals surface area contributed by atoms with Gasteiger partial charge >= 0.3 is 0 Å². The van der Waals surface area contributed by atoms with Crippen molar-refractivity contribution in [1.82, 2.24) is 0 Å². The molecule has 0 heterocycles. The quantitative estimate of drug-likeness (QED) is 0.608. The summed E-state index contributed by atoms with van der Waals surface area (Å²) in [6.07, 6.45) is 0. The van der Waals surface area contributed by atoms with Crippen LogP contribution in [-0.4, -0.2) is 0 Å². The van der Waals surface area contributed by atoms with E-state index in [-0.39, 0.29) is 0 Å². The number of nitrogens with zero attached hydrogens (tertiary/aromatic N) is 1. The zero-order valence-electron chi connectivity index (χ0n) is 10.7. The average Bonchev–Trinajstić information content (AvgIpc) is 2.47. The average molecular weight is 243 g/mol. The van der Waals surface area contributed by atoms with Crippen molar-refractivity contribution in [2.75, 3.05) is 0 Å². The maximum atomic E-state index is 9.10. The Morgan fingerprint density at radius 1 is 0.842 bits per heavy atom. The predicted molar refractivity (Wildman–Crippen MR) is 78.8 cm³/mol. The van der Waals surface area contributed by atoms with Crippen LogP contribution in [0.4, 0.5) is 0 Å². The van der Waals surface area contributed by atoms with Crippen LogP contribution in [0, 0.1) is 18.3 Å². The summed E-state index contributed by atoms with van der Waals surface area (Å²) in [6, 6.07) is 22.8. The fourth-order valence-corrected chi connectivity index (χ4v) is 2.31. The van der Waals surface area contributed by atoms with Gasteiger partial charge in [-0.15, -0.1) is 0 Å². The number of benzene rings is 3. The fourth-order valence-electron chi connectivity index (χ4n) is 2.31. The van der Waals surface area contributed by atoms with Crippen molar-refractivity contribution in [3.05, 3.63) is 71.8 Å². The molecule has 19 heavy (non-hydrogen) atoms. The van der Waals surface area contributed by atoms with Gasteiger partial charge < -0.3 is 0 Å². The van der Waals surface area contributed by atoms with Gasteiger partial charge in [0.1, 0.15) is 0 Å². The molecule has 0 aliphatic carbocycles. The minimum Gasteiger partial charge on any atom is -0.192 e. The highest BCUT2D eigenvalue weighted by molar-refractivity contribution is 5.91. The summed E-state index contributed by atoms with van der Waals surface area (Å²) in [6.45, 7) is 2.09. The van der Waals surface area contributed by atoms with Crippen molar-refractivity contribution in [1.29, 1.82) is 5.26 Å². The van der Waals surface area contributed by atoms with Gasteiger partial charge in [-0.1, -0.05) is 54.1 Å². The van der Waals surface area contributed by atoms with E-state index in [1.54, 1.807) is 0 Å². The molecule has 0 fully saturated rings. The van der Waals surface area contributed by atoms with Crippen molar-refractivity contribution in [3.63, 3.8) is 0 Å². The molecule has 0 amide bonds. The summed E-state index contributed by atoms with van der Waals surface area (Å²) in [7, 11) is 0. The van der Waals surface area contributed by atoms with Gasteiger partial charge in [0.15, 0.2) is 0 Å². The topological polar surface area (TPSA) is 23.8 Å². The van der Waals surface area contributed by atoms with Crippen molar-refractivity contribution in [3.8, 4) is 17.2 Å². The van der Waals surface area contributed by atoms with Gasteiger partial charge in [0.05, 0.1) is 11.6 Å². The van der Waals surface area contributed by atoms with E-state index >= 15 is 0 Å². The minimum absolute atomic E-state index is 0.730. The smallest absolute Gasteiger partial charge is 0.0998 e. The lowest BCUT2D eigenvalue weighted by Crippen LogP contribution is -1.82. The van der Waals surface area contributed by atoms with Gasteiger partial charge in [0, 0.05) is 0 Å². The Labute approximate surface area is 112 Å². The second-order valence-corrected chi connectivity index (χ2v) is 4.72. The van der Waals surface area contributed by atoms with Crippen LogP contribution in [0.2, 0.25) is 0 Å². The second kappa shape index (κ2) is 4.59. The molecule has 1 nitrogen and oxygen atoms in total. The summed E-state index contributed by atoms with van der Waals surface area (Å²) < 4.78 is 0. The van der Waals surface area contributed by atoms with Crippen LogP contribution in [0.3, 0.4) is 0 Å². The highest BCUT2D eigenvalue weighted by atomic mass is 14.2. The first-order valence-electron chi connectivity index (χ1n) is 6.28. The predicted octanol–water partition coefficient (Wildman–Crippen LogP) is 4.69. The molecule has 0 spiro atoms. The van der Waals surface area contributed by atoms with Crippen LogP contribution in [0.1, 0.15) is 11.1 Å². The van der Waals surface area contributed by atoms with E-state index in [2.05, 4.69) is 49.4 Å². The third kappa shape index (κ3) is 2.09. The SMILES string of the molecule is Cc1ccc(-c2ccc3c(C#N)cccc3c2)cc1. The molecule has 0 saturated carbocycles. The Balaban J connectivity index is 2.17. The van der Waals surface area contributed by atoms with Crippen LogP contribution in [-0.2, 0) is 0 Å². The van der Waals surface area contributed by atoms with E-state index in [0.717, 1.165) is 16.3 Å². The van der Waals surface area contributed by atoms with Crippen molar-refractivity contribution in [2.24, 2.45) is 0 Å². The second-order valence-electron chi connectivity index (χ2n) is 4.72. The minimum atomic E-state index is 0.730. The monoisotopic (exact) mass is 243 g/mol. The van der Waals surface area contributed by atoms with Crippen LogP contribution in [0.25, 0.3) is 21.9 Å². The molecule has 0 aliphatic heterocycles. The Hall–Kier alpha value is -2.59. The Morgan fingerprint density at radius 3 is 2.32 bits per heavy atom. The Kier molecular flexibility index (Phi) is 2.78. The standard InChI is InChI=1S/C18H13N/c1-13-5-7-14(8-6-13)15-9-10-18-16(11-15)3-2-4-17(18)12-19/h2-11H,1H3. The molecule has 0 unspecified atom stereocenters. The summed E-state index contributed by atoms with van der Waals surface area (Å²) in [5.74, 6) is 0. The van der Waals surface area contributed by atoms with Gasteiger partial charge in [-0.25, -0.2) is 0 Å². The van der Waals surface area contributed by atoms with Gasteiger partial charge in [-0.2, -0.15) is 5.26 Å². The first kappa shape index (κ1) is 11.5. The van der Waals surface area contributed by atoms with Crippen LogP contribution < -0.4 is 0 Å². The fraction of sp³-hybridized carbons (Fsp3) is 0.0556. The molecule has 0 bridgehead atoms. The molecule has 0 N–H and O–H groups in total. The molecule has 0 aromatic heterocycles. The molecule has 90 valence electrons. The highest BCUT2D eigenvalue weighted by Crippen LogP contribution is 2.26. The lowest BCUT2D eigenvalue weighted by Gasteiger charge is -2.05. The normalized spacial score (nSPS) is 10.3. The zero-order chi connectivity index (χ0) is 13.2. The van der Waals surface area contributed by atoms with Crippen LogP contribution in [0.5, 0.6) is 0 Å². The maximum absolute atomic E-state index is 9.10. The molecule has 3 rings (SSSR count). The first-order valence-corrected chi connectivity index (χ1v) is 6.28. The lowest BCUT2D eigenvalue weighted by atomic mass is 9.98. The number of nitriles is 1. The zero-order valence-corrected chi connectivity index (χ0v) is 10.7. The van der Waals surface area contributed by atoms with Crippen molar-refractivity contribution < 1.29 is 0 Å². The summed E-state index contributed by atoms with van der Waals surface area (Å²) in [4.78, 5) is 0. The van der Waals surface area contributed by atoms with Crippen LogP contribution >= 0.6 is 0 Å². The van der Waals surface area contributed by atoms with Gasteiger partial charge in [0.25, 0.3) is 0 Å². The molecule has 0 radical (unpaired) electrons. The third-order valence-corrected chi connectivity index (χ3v) is 3.39. The third-order valence-electron chi connectivity index (χ3n) is 3.39. The van der Waals surface area contributed by atoms with Crippen molar-refractivity contribution >= 4 is 10.8 Å². The molecule has 1 heteroatoms. The van der Waals surface area contributed by atoms with E-state index in [0.29, 0.717) is 0 Å².